The number of halogens is 2. The molecule has 33 heavy (non-hydrogen) atoms. The van der Waals surface area contributed by atoms with Gasteiger partial charge in [0, 0.05) is 48.5 Å². The quantitative estimate of drug-likeness (QED) is 0.478. The van der Waals surface area contributed by atoms with Crippen molar-refractivity contribution in [1.82, 2.24) is 0 Å². The molecular weight excluding hydrogens is 420 g/mol. The highest BCUT2D eigenvalue weighted by atomic mass is 19.3. The predicted octanol–water partition coefficient (Wildman–Crippen LogP) is 6.22. The maximum Gasteiger partial charge on any atom is 0.274 e. The molecule has 0 radical (unpaired) electrons. The molecule has 1 fully saturated rings. The van der Waals surface area contributed by atoms with E-state index in [4.69, 9.17) is 6.85 Å². The Morgan fingerprint density at radius 3 is 2.36 bits per heavy atom. The summed E-state index contributed by atoms with van der Waals surface area (Å²) in [4.78, 5) is 13.3. The molecule has 3 aromatic rings. The summed E-state index contributed by atoms with van der Waals surface area (Å²) in [5.41, 5.74) is 1.38. The molecule has 2 aliphatic rings. The van der Waals surface area contributed by atoms with Crippen molar-refractivity contribution in [3.05, 3.63) is 94.9 Å². The van der Waals surface area contributed by atoms with Gasteiger partial charge in [-0.3, -0.25) is 0 Å². The number of rotatable bonds is 4. The van der Waals surface area contributed by atoms with Crippen LogP contribution in [0.2, 0.25) is 0 Å². The van der Waals surface area contributed by atoms with Crippen molar-refractivity contribution in [2.24, 2.45) is 5.92 Å². The average molecular weight is 453 g/mol. The van der Waals surface area contributed by atoms with Crippen LogP contribution in [0, 0.1) is 5.92 Å². The lowest BCUT2D eigenvalue weighted by Gasteiger charge is -2.39. The van der Waals surface area contributed by atoms with Gasteiger partial charge in [0.05, 0.1) is 6.85 Å². The Kier molecular flexibility index (Phi) is 4.29. The summed E-state index contributed by atoms with van der Waals surface area (Å²) < 4.78 is 72.2. The fourth-order valence-electron chi connectivity index (χ4n) is 5.16. The third kappa shape index (κ3) is 4.12. The number of carbonyl (C=O) groups excluding carboxylic acids is 1. The van der Waals surface area contributed by atoms with Crippen LogP contribution in [0.5, 0.6) is 5.75 Å². The van der Waals surface area contributed by atoms with Crippen molar-refractivity contribution in [2.45, 2.75) is 37.0 Å². The van der Waals surface area contributed by atoms with Crippen molar-refractivity contribution >= 4 is 12.0 Å². The summed E-state index contributed by atoms with van der Waals surface area (Å²) in [6.07, 6.45) is 1.74. The Bertz CT molecular complexity index is 1360. The molecule has 0 bridgehead atoms. The first-order valence-corrected chi connectivity index (χ1v) is 11.1. The number of aldehydes is 1. The van der Waals surface area contributed by atoms with Crippen LogP contribution in [0.4, 0.5) is 14.5 Å². The van der Waals surface area contributed by atoms with Crippen molar-refractivity contribution < 1.29 is 25.5 Å². The van der Waals surface area contributed by atoms with E-state index >= 15 is 8.78 Å². The smallest absolute Gasteiger partial charge is 0.274 e. The van der Waals surface area contributed by atoms with Crippen LogP contribution in [0.25, 0.3) is 0 Å². The molecule has 0 spiro atoms. The van der Waals surface area contributed by atoms with E-state index in [-0.39, 0.29) is 28.4 Å². The number of aromatic hydroxyl groups is 1. The van der Waals surface area contributed by atoms with Crippen molar-refractivity contribution in [2.75, 3.05) is 18.0 Å². The van der Waals surface area contributed by atoms with Crippen LogP contribution in [0.1, 0.15) is 60.2 Å². The van der Waals surface area contributed by atoms with E-state index in [2.05, 4.69) is 4.90 Å². The fourth-order valence-corrected chi connectivity index (χ4v) is 5.16. The maximum absolute atomic E-state index is 15.5. The zero-order valence-electron chi connectivity index (χ0n) is 22.9. The first-order chi connectivity index (χ1) is 18.0. The van der Waals surface area contributed by atoms with E-state index in [9.17, 15) is 9.90 Å². The van der Waals surface area contributed by atoms with Crippen LogP contribution in [-0.4, -0.2) is 24.5 Å². The van der Waals surface area contributed by atoms with Crippen LogP contribution in [-0.2, 0) is 10.7 Å². The second kappa shape index (κ2) is 8.62. The van der Waals surface area contributed by atoms with Crippen molar-refractivity contribution in [1.29, 1.82) is 0 Å². The van der Waals surface area contributed by atoms with Gasteiger partial charge in [-0.15, -0.1) is 0 Å². The number of piperidine rings is 1. The molecule has 170 valence electrons. The molecule has 5 heteroatoms. The van der Waals surface area contributed by atoms with Crippen molar-refractivity contribution in [3.8, 4) is 5.75 Å². The molecule has 0 saturated carbocycles. The number of alkyl halides is 2. The first-order valence-electron chi connectivity index (χ1n) is 13.6. The number of phenolic OH excluding ortho intramolecular Hbond substituents is 1. The van der Waals surface area contributed by atoms with E-state index < -0.39 is 54.4 Å². The Labute approximate surface area is 199 Å². The van der Waals surface area contributed by atoms with E-state index in [1.165, 1.54) is 12.1 Å². The van der Waals surface area contributed by atoms with Gasteiger partial charge in [-0.25, -0.2) is 8.78 Å². The minimum Gasteiger partial charge on any atom is -0.508 e. The molecule has 0 unspecified atom stereocenters. The van der Waals surface area contributed by atoms with Crippen LogP contribution >= 0.6 is 0 Å². The highest BCUT2D eigenvalue weighted by Crippen LogP contribution is 2.54. The van der Waals surface area contributed by atoms with Crippen LogP contribution in [0.3, 0.4) is 0 Å². The van der Waals surface area contributed by atoms with E-state index in [1.54, 1.807) is 0 Å². The van der Waals surface area contributed by atoms with E-state index in [1.807, 2.05) is 24.3 Å². The van der Waals surface area contributed by atoms with E-state index in [0.717, 1.165) is 44.0 Å². The van der Waals surface area contributed by atoms with Gasteiger partial charge in [0.2, 0.25) is 0 Å². The molecule has 1 N–H and O–H groups in total. The van der Waals surface area contributed by atoms with Gasteiger partial charge in [0.25, 0.3) is 5.92 Å². The lowest BCUT2D eigenvalue weighted by atomic mass is 9.68. The largest absolute Gasteiger partial charge is 0.508 e. The number of benzene rings is 3. The molecule has 0 aromatic heterocycles. The van der Waals surface area contributed by atoms with E-state index in [0.29, 0.717) is 5.56 Å². The highest BCUT2D eigenvalue weighted by Gasteiger charge is 2.46. The molecule has 2 atom stereocenters. The van der Waals surface area contributed by atoms with Gasteiger partial charge in [0.15, 0.2) is 0 Å². The molecule has 3 aromatic carbocycles. The maximum atomic E-state index is 15.5. The topological polar surface area (TPSA) is 40.5 Å². The third-order valence-corrected chi connectivity index (χ3v) is 6.88. The zero-order chi connectivity index (χ0) is 27.4. The highest BCUT2D eigenvalue weighted by molar-refractivity contribution is 5.56. The molecule has 0 amide bonds. The number of hydrogen-bond acceptors (Lipinski definition) is 3. The number of hydrogen-bond donors (Lipinski definition) is 1. The summed E-state index contributed by atoms with van der Waals surface area (Å²) in [7, 11) is 0. The SMILES string of the molecule is [2H]c1c([2H])c([2H])c([C@@H]2CC(F)(F)c3cc(O)ccc3[C@@H]2c2ccc(N3CCC(C=O)CC3)cc2)c([2H])c1[2H]. The molecule has 5 rings (SSSR count). The summed E-state index contributed by atoms with van der Waals surface area (Å²) >= 11 is 0. The number of fused-ring (bicyclic) bond motifs is 1. The van der Waals surface area contributed by atoms with Crippen LogP contribution in [0.15, 0.2) is 72.7 Å². The first kappa shape index (κ1) is 16.4. The minimum absolute atomic E-state index is 0.0557. The lowest BCUT2D eigenvalue weighted by Crippen LogP contribution is -2.34. The van der Waals surface area contributed by atoms with Crippen molar-refractivity contribution in [3.63, 3.8) is 0 Å². The van der Waals surface area contributed by atoms with Gasteiger partial charge in [0.1, 0.15) is 12.0 Å². The third-order valence-electron chi connectivity index (χ3n) is 6.88. The van der Waals surface area contributed by atoms with Gasteiger partial charge in [-0.1, -0.05) is 48.4 Å². The number of phenols is 1. The Morgan fingerprint density at radius 2 is 1.70 bits per heavy atom. The van der Waals surface area contributed by atoms with Gasteiger partial charge in [-0.05, 0) is 53.8 Å². The summed E-state index contributed by atoms with van der Waals surface area (Å²) in [6, 6.07) is 8.58. The van der Waals surface area contributed by atoms with Crippen LogP contribution < -0.4 is 4.90 Å². The number of anilines is 1. The minimum atomic E-state index is -3.39. The lowest BCUT2D eigenvalue weighted by molar-refractivity contribution is -0.111. The molecule has 1 saturated heterocycles. The normalized spacial score (nSPS) is 24.7. The monoisotopic (exact) mass is 452 g/mol. The second-order valence-corrected chi connectivity index (χ2v) is 8.86. The Balaban J connectivity index is 1.63. The zero-order valence-corrected chi connectivity index (χ0v) is 17.9. The molecular formula is C28H27F2NO2. The predicted molar refractivity (Wildman–Crippen MR) is 125 cm³/mol. The number of nitrogens with zero attached hydrogens (tertiary/aromatic N) is 1. The molecule has 1 aliphatic heterocycles. The molecule has 3 nitrogen and oxygen atoms in total. The number of carbonyl (C=O) groups is 1. The van der Waals surface area contributed by atoms with Gasteiger partial charge < -0.3 is 14.8 Å². The van der Waals surface area contributed by atoms with Gasteiger partial charge in [-0.2, -0.15) is 0 Å². The van der Waals surface area contributed by atoms with Gasteiger partial charge >= 0.3 is 0 Å². The average Bonchev–Trinajstić information content (AvgIpc) is 2.91. The summed E-state index contributed by atoms with van der Waals surface area (Å²) in [5, 5.41) is 9.98. The molecule has 1 heterocycles. The Hall–Kier alpha value is -3.21. The second-order valence-electron chi connectivity index (χ2n) is 8.86. The fraction of sp³-hybridized carbons (Fsp3) is 0.321. The summed E-state index contributed by atoms with van der Waals surface area (Å²) in [6.45, 7) is 1.46. The molecule has 1 aliphatic carbocycles. The Morgan fingerprint density at radius 1 is 1.00 bits per heavy atom. The summed E-state index contributed by atoms with van der Waals surface area (Å²) in [5.74, 6) is -5.47. The standard InChI is InChI=1S/C28H27F2NO2/c29-28(30)17-25(20-4-2-1-3-5-20)27(24-11-10-23(33)16-26(24)28)21-6-8-22(9-7-21)31-14-12-19(18-32)13-15-31/h1-11,16,18-19,25,27,33H,12-15,17H2/t25-,27-/m0/s1/i1D,2D,3D,4D,5D.